The van der Waals surface area contributed by atoms with Gasteiger partial charge < -0.3 is 5.32 Å². The fraction of sp³-hybridized carbons (Fsp3) is 0.316. The van der Waals surface area contributed by atoms with Gasteiger partial charge in [-0.3, -0.25) is 14.1 Å². The van der Waals surface area contributed by atoms with E-state index in [1.54, 1.807) is 29.1 Å². The van der Waals surface area contributed by atoms with E-state index in [1.165, 1.54) is 25.1 Å². The third kappa shape index (κ3) is 3.39. The second kappa shape index (κ2) is 6.64. The second-order valence-electron chi connectivity index (χ2n) is 6.58. The van der Waals surface area contributed by atoms with E-state index in [9.17, 15) is 4.79 Å². The van der Waals surface area contributed by atoms with Gasteiger partial charge in [-0.2, -0.15) is 0 Å². The first-order chi connectivity index (χ1) is 12.2. The van der Waals surface area contributed by atoms with Crippen molar-refractivity contribution in [1.29, 1.82) is 0 Å². The van der Waals surface area contributed by atoms with Gasteiger partial charge in [-0.15, -0.1) is 10.2 Å². The molecule has 3 heterocycles. The molecule has 1 N–H and O–H groups in total. The number of hydrogen-bond donors (Lipinski definition) is 1. The molecule has 2 aromatic heterocycles. The molecule has 1 aliphatic rings. The summed E-state index contributed by atoms with van der Waals surface area (Å²) in [5.41, 5.74) is 3.74. The molecule has 4 rings (SSSR count). The molecule has 128 valence electrons. The molecule has 0 aliphatic carbocycles. The molecule has 3 aromatic rings. The van der Waals surface area contributed by atoms with Crippen molar-refractivity contribution in [2.45, 2.75) is 25.9 Å². The number of hydrogen-bond acceptors (Lipinski definition) is 4. The van der Waals surface area contributed by atoms with Crippen LogP contribution in [0.2, 0.25) is 0 Å². The maximum absolute atomic E-state index is 12.5. The number of fused-ring (bicyclic) bond motifs is 1. The lowest BCUT2D eigenvalue weighted by Crippen LogP contribution is -2.36. The number of pyridine rings is 1. The number of carbonyl (C=O) groups excluding carboxylic acids is 1. The molecule has 1 saturated heterocycles. The first-order valence-electron chi connectivity index (χ1n) is 8.60. The van der Waals surface area contributed by atoms with Crippen LogP contribution in [0.3, 0.4) is 0 Å². The van der Waals surface area contributed by atoms with Gasteiger partial charge in [-0.05, 0) is 49.7 Å². The number of nitrogens with one attached hydrogen (secondary N) is 1. The van der Waals surface area contributed by atoms with E-state index < -0.39 is 0 Å². The summed E-state index contributed by atoms with van der Waals surface area (Å²) >= 11 is 0. The molecule has 1 unspecified atom stereocenters. The van der Waals surface area contributed by atoms with Crippen molar-refractivity contribution in [3.05, 3.63) is 65.6 Å². The largest absolute Gasteiger partial charge is 0.345 e. The van der Waals surface area contributed by atoms with Crippen LogP contribution in [0.15, 0.2) is 48.9 Å². The summed E-state index contributed by atoms with van der Waals surface area (Å²) in [5.74, 6) is -0.104. The van der Waals surface area contributed by atoms with E-state index in [4.69, 9.17) is 0 Å². The molecule has 1 amide bonds. The van der Waals surface area contributed by atoms with Crippen LogP contribution in [0.1, 0.15) is 40.9 Å². The minimum atomic E-state index is -0.104. The van der Waals surface area contributed by atoms with Gasteiger partial charge in [0, 0.05) is 12.7 Å². The van der Waals surface area contributed by atoms with Crippen molar-refractivity contribution in [3.8, 4) is 0 Å². The number of rotatable bonds is 5. The smallest absolute Gasteiger partial charge is 0.253 e. The maximum Gasteiger partial charge on any atom is 0.253 e. The van der Waals surface area contributed by atoms with Gasteiger partial charge in [-0.25, -0.2) is 0 Å². The zero-order valence-electron chi connectivity index (χ0n) is 14.2. The molecule has 1 aromatic carbocycles. The Bertz CT molecular complexity index is 882. The van der Waals surface area contributed by atoms with Gasteiger partial charge in [-0.1, -0.05) is 24.3 Å². The Hall–Kier alpha value is -2.73. The third-order valence-corrected chi connectivity index (χ3v) is 4.74. The summed E-state index contributed by atoms with van der Waals surface area (Å²) in [4.78, 5) is 14.9. The van der Waals surface area contributed by atoms with E-state index in [0.717, 1.165) is 17.8 Å². The first kappa shape index (κ1) is 15.8. The van der Waals surface area contributed by atoms with E-state index in [2.05, 4.69) is 44.7 Å². The Kier molecular flexibility index (Phi) is 4.19. The van der Waals surface area contributed by atoms with Gasteiger partial charge in [0.25, 0.3) is 5.91 Å². The highest BCUT2D eigenvalue weighted by atomic mass is 16.1. The van der Waals surface area contributed by atoms with Crippen molar-refractivity contribution in [2.24, 2.45) is 0 Å². The van der Waals surface area contributed by atoms with Crippen LogP contribution in [-0.2, 0) is 6.54 Å². The topological polar surface area (TPSA) is 62.5 Å². The molecule has 0 bridgehead atoms. The minimum Gasteiger partial charge on any atom is -0.345 e. The molecule has 1 atom stereocenters. The predicted molar refractivity (Wildman–Crippen MR) is 95.2 cm³/mol. The Morgan fingerprint density at radius 3 is 2.72 bits per heavy atom. The van der Waals surface area contributed by atoms with Crippen LogP contribution >= 0.6 is 0 Å². The Morgan fingerprint density at radius 2 is 2.00 bits per heavy atom. The molecule has 1 fully saturated rings. The molecule has 0 saturated carbocycles. The number of likely N-dealkylation sites (tertiary alicyclic amines) is 1. The molecule has 25 heavy (non-hydrogen) atoms. The highest BCUT2D eigenvalue weighted by molar-refractivity contribution is 5.94. The maximum atomic E-state index is 12.5. The normalized spacial score (nSPS) is 15.7. The summed E-state index contributed by atoms with van der Waals surface area (Å²) in [6, 6.07) is 12.0. The van der Waals surface area contributed by atoms with E-state index in [-0.39, 0.29) is 11.9 Å². The van der Waals surface area contributed by atoms with Crippen LogP contribution in [0, 0.1) is 0 Å². The van der Waals surface area contributed by atoms with Crippen molar-refractivity contribution < 1.29 is 4.79 Å². The molecule has 6 heteroatoms. The number of aromatic nitrogens is 3. The predicted octanol–water partition coefficient (Wildman–Crippen LogP) is 2.43. The van der Waals surface area contributed by atoms with Gasteiger partial charge in [0.15, 0.2) is 5.65 Å². The average Bonchev–Trinajstić information content (AvgIpc) is 3.06. The number of benzene rings is 1. The van der Waals surface area contributed by atoms with Crippen LogP contribution in [0.5, 0.6) is 0 Å². The summed E-state index contributed by atoms with van der Waals surface area (Å²) in [7, 11) is 0. The summed E-state index contributed by atoms with van der Waals surface area (Å²) < 4.78 is 1.74. The highest BCUT2D eigenvalue weighted by Crippen LogP contribution is 2.17. The van der Waals surface area contributed by atoms with Crippen LogP contribution < -0.4 is 5.32 Å². The molecular formula is C19H21N5O. The monoisotopic (exact) mass is 335 g/mol. The van der Waals surface area contributed by atoms with Crippen molar-refractivity contribution in [1.82, 2.24) is 24.8 Å². The van der Waals surface area contributed by atoms with E-state index >= 15 is 0 Å². The first-order valence-corrected chi connectivity index (χ1v) is 8.60. The second-order valence-corrected chi connectivity index (χ2v) is 6.58. The van der Waals surface area contributed by atoms with Gasteiger partial charge in [0.2, 0.25) is 0 Å². The fourth-order valence-corrected chi connectivity index (χ4v) is 3.03. The molecule has 0 spiro atoms. The lowest BCUT2D eigenvalue weighted by Gasteiger charge is -2.30. The molecular weight excluding hydrogens is 314 g/mol. The van der Waals surface area contributed by atoms with E-state index in [0.29, 0.717) is 5.56 Å². The molecule has 1 aliphatic heterocycles. The lowest BCUT2D eigenvalue weighted by molar-refractivity contribution is 0.0939. The average molecular weight is 335 g/mol. The zero-order valence-corrected chi connectivity index (χ0v) is 14.2. The summed E-state index contributed by atoms with van der Waals surface area (Å²) in [6.45, 7) is 5.41. The number of carbonyl (C=O) groups is 1. The van der Waals surface area contributed by atoms with Crippen molar-refractivity contribution in [2.75, 3.05) is 13.1 Å². The Balaban J connectivity index is 1.41. The number of amides is 1. The SMILES string of the molecule is CC(NC(=O)c1ccc2nncn2c1)c1ccc(CN2CCC2)cc1. The van der Waals surface area contributed by atoms with Gasteiger partial charge >= 0.3 is 0 Å². The standard InChI is InChI=1S/C19H21N5O/c1-14(16-5-3-15(4-6-16)11-23-9-2-10-23)21-19(25)17-7-8-18-22-20-13-24(18)12-17/h3-8,12-14H,2,9-11H2,1H3,(H,21,25). The minimum absolute atomic E-state index is 0.0535. The third-order valence-electron chi connectivity index (χ3n) is 4.74. The van der Waals surface area contributed by atoms with Gasteiger partial charge in [0.05, 0.1) is 11.6 Å². The summed E-state index contributed by atoms with van der Waals surface area (Å²) in [6.07, 6.45) is 4.64. The van der Waals surface area contributed by atoms with Crippen LogP contribution in [0.25, 0.3) is 5.65 Å². The molecule has 0 radical (unpaired) electrons. The van der Waals surface area contributed by atoms with Gasteiger partial charge in [0.1, 0.15) is 6.33 Å². The van der Waals surface area contributed by atoms with E-state index in [1.807, 2.05) is 6.92 Å². The van der Waals surface area contributed by atoms with Crippen molar-refractivity contribution >= 4 is 11.6 Å². The summed E-state index contributed by atoms with van der Waals surface area (Å²) in [5, 5.41) is 10.8. The lowest BCUT2D eigenvalue weighted by atomic mass is 10.0. The van der Waals surface area contributed by atoms with Crippen LogP contribution in [0.4, 0.5) is 0 Å². The number of nitrogens with zero attached hydrogens (tertiary/aromatic N) is 4. The van der Waals surface area contributed by atoms with Crippen LogP contribution in [-0.4, -0.2) is 38.5 Å². The van der Waals surface area contributed by atoms with Crippen molar-refractivity contribution in [3.63, 3.8) is 0 Å². The highest BCUT2D eigenvalue weighted by Gasteiger charge is 2.15. The fourth-order valence-electron chi connectivity index (χ4n) is 3.03. The zero-order chi connectivity index (χ0) is 17.2. The molecule has 6 nitrogen and oxygen atoms in total. The Labute approximate surface area is 146 Å². The Morgan fingerprint density at radius 1 is 1.20 bits per heavy atom. The quantitative estimate of drug-likeness (QED) is 0.778.